The van der Waals surface area contributed by atoms with Crippen molar-refractivity contribution in [2.75, 3.05) is 26.2 Å². The van der Waals surface area contributed by atoms with Crippen LogP contribution in [0.25, 0.3) is 11.3 Å². The second kappa shape index (κ2) is 7.67. The summed E-state index contributed by atoms with van der Waals surface area (Å²) in [6, 6.07) is 12.3. The van der Waals surface area contributed by atoms with Gasteiger partial charge in [0.15, 0.2) is 0 Å². The number of hydrogen-bond donors (Lipinski definition) is 1. The quantitative estimate of drug-likeness (QED) is 0.772. The fourth-order valence-electron chi connectivity index (χ4n) is 3.32. The highest BCUT2D eigenvalue weighted by Gasteiger charge is 2.26. The van der Waals surface area contributed by atoms with Gasteiger partial charge in [-0.1, -0.05) is 18.2 Å². The normalized spacial score (nSPS) is 15.1. The number of nitrogens with zero attached hydrogens (tertiary/aromatic N) is 4. The van der Waals surface area contributed by atoms with E-state index in [1.807, 2.05) is 18.2 Å². The van der Waals surface area contributed by atoms with Gasteiger partial charge in [-0.15, -0.1) is 0 Å². The van der Waals surface area contributed by atoms with E-state index in [2.05, 4.69) is 20.1 Å². The fraction of sp³-hybridized carbons (Fsp3) is 0.250. The van der Waals surface area contributed by atoms with Crippen LogP contribution in [-0.4, -0.2) is 57.1 Å². The minimum Gasteiger partial charge on any atom is -0.336 e. The number of carbonyl (C=O) groups is 1. The molecule has 0 spiro atoms. The lowest BCUT2D eigenvalue weighted by molar-refractivity contribution is 0.0628. The summed E-state index contributed by atoms with van der Waals surface area (Å²) in [5.41, 5.74) is 2.20. The van der Waals surface area contributed by atoms with Crippen LogP contribution in [0.15, 0.2) is 54.9 Å². The summed E-state index contributed by atoms with van der Waals surface area (Å²) in [5.74, 6) is -0.504. The molecule has 1 amide bonds. The number of carbonyl (C=O) groups excluding carboxylic acids is 1. The molecule has 6 nitrogen and oxygen atoms in total. The van der Waals surface area contributed by atoms with Gasteiger partial charge in [0.2, 0.25) is 0 Å². The number of hydrogen-bond acceptors (Lipinski definition) is 4. The van der Waals surface area contributed by atoms with Crippen LogP contribution in [0.4, 0.5) is 4.39 Å². The predicted octanol–water partition coefficient (Wildman–Crippen LogP) is 2.57. The molecule has 1 N–H and O–H groups in total. The van der Waals surface area contributed by atoms with Crippen molar-refractivity contribution in [1.82, 2.24) is 25.0 Å². The van der Waals surface area contributed by atoms with Gasteiger partial charge in [-0.2, -0.15) is 5.10 Å². The smallest absolute Gasteiger partial charge is 0.257 e. The van der Waals surface area contributed by atoms with Crippen molar-refractivity contribution in [2.45, 2.75) is 6.54 Å². The third kappa shape index (κ3) is 3.73. The van der Waals surface area contributed by atoms with Gasteiger partial charge >= 0.3 is 0 Å². The maximum absolute atomic E-state index is 14.1. The lowest BCUT2D eigenvalue weighted by atomic mass is 10.1. The molecule has 3 heterocycles. The first kappa shape index (κ1) is 17.4. The van der Waals surface area contributed by atoms with Crippen LogP contribution in [0.3, 0.4) is 0 Å². The van der Waals surface area contributed by atoms with Crippen LogP contribution < -0.4 is 0 Å². The van der Waals surface area contributed by atoms with Gasteiger partial charge in [-0.3, -0.25) is 19.8 Å². The molecular weight excluding hydrogens is 345 g/mol. The van der Waals surface area contributed by atoms with Crippen molar-refractivity contribution >= 4 is 5.91 Å². The zero-order chi connectivity index (χ0) is 18.6. The number of piperazine rings is 1. The molecule has 1 aromatic carbocycles. The van der Waals surface area contributed by atoms with Crippen molar-refractivity contribution in [3.05, 3.63) is 71.9 Å². The molecular formula is C20H20FN5O. The van der Waals surface area contributed by atoms with Crippen molar-refractivity contribution in [1.29, 1.82) is 0 Å². The largest absolute Gasteiger partial charge is 0.336 e. The van der Waals surface area contributed by atoms with Crippen LogP contribution in [0, 0.1) is 5.82 Å². The number of pyridine rings is 1. The van der Waals surface area contributed by atoms with Gasteiger partial charge in [0.05, 0.1) is 23.1 Å². The number of benzene rings is 1. The molecule has 0 atom stereocenters. The first-order chi connectivity index (χ1) is 13.2. The van der Waals surface area contributed by atoms with Gasteiger partial charge in [0, 0.05) is 44.5 Å². The molecule has 0 unspecified atom stereocenters. The first-order valence-corrected chi connectivity index (χ1v) is 8.92. The zero-order valence-corrected chi connectivity index (χ0v) is 14.8. The maximum atomic E-state index is 14.1. The standard InChI is InChI=1S/C20H20FN5O/c21-18-7-2-1-6-16(18)19-17(13-23-24-19)20(27)26-11-9-25(10-12-26)14-15-5-3-4-8-22-15/h1-8,13H,9-12,14H2,(H,23,24). The van der Waals surface area contributed by atoms with Gasteiger partial charge in [-0.05, 0) is 24.3 Å². The molecule has 1 aliphatic rings. The monoisotopic (exact) mass is 365 g/mol. The van der Waals surface area contributed by atoms with E-state index >= 15 is 0 Å². The molecule has 4 rings (SSSR count). The molecule has 0 aliphatic carbocycles. The Morgan fingerprint density at radius 1 is 1.07 bits per heavy atom. The Kier molecular flexibility index (Phi) is 4.93. The van der Waals surface area contributed by atoms with Crippen molar-refractivity contribution < 1.29 is 9.18 Å². The number of halogens is 1. The summed E-state index contributed by atoms with van der Waals surface area (Å²) in [6.07, 6.45) is 3.27. The number of amides is 1. The SMILES string of the molecule is O=C(c1cn[nH]c1-c1ccccc1F)N1CCN(Cc2ccccn2)CC1. The molecule has 2 aromatic heterocycles. The third-order valence-corrected chi connectivity index (χ3v) is 4.78. The third-order valence-electron chi connectivity index (χ3n) is 4.78. The average Bonchev–Trinajstić information content (AvgIpc) is 3.19. The Bertz CT molecular complexity index is 919. The Hall–Kier alpha value is -3.06. The molecule has 1 saturated heterocycles. The van der Waals surface area contributed by atoms with Crippen molar-refractivity contribution in [3.8, 4) is 11.3 Å². The highest BCUT2D eigenvalue weighted by atomic mass is 19.1. The number of rotatable bonds is 4. The summed E-state index contributed by atoms with van der Waals surface area (Å²) in [4.78, 5) is 21.4. The molecule has 0 saturated carbocycles. The summed E-state index contributed by atoms with van der Waals surface area (Å²) < 4.78 is 14.1. The molecule has 0 radical (unpaired) electrons. The number of aromatic nitrogens is 3. The van der Waals surface area contributed by atoms with Crippen LogP contribution in [0.2, 0.25) is 0 Å². The van der Waals surface area contributed by atoms with E-state index in [9.17, 15) is 9.18 Å². The Balaban J connectivity index is 1.43. The lowest BCUT2D eigenvalue weighted by Gasteiger charge is -2.34. The zero-order valence-electron chi connectivity index (χ0n) is 14.8. The van der Waals surface area contributed by atoms with E-state index in [0.717, 1.165) is 25.3 Å². The van der Waals surface area contributed by atoms with Gasteiger partial charge in [0.25, 0.3) is 5.91 Å². The Labute approximate surface area is 156 Å². The van der Waals surface area contributed by atoms with Crippen LogP contribution >= 0.6 is 0 Å². The average molecular weight is 365 g/mol. The summed E-state index contributed by atoms with van der Waals surface area (Å²) >= 11 is 0. The second-order valence-corrected chi connectivity index (χ2v) is 6.53. The molecule has 0 bridgehead atoms. The minimum absolute atomic E-state index is 0.125. The van der Waals surface area contributed by atoms with E-state index in [1.165, 1.54) is 12.3 Å². The van der Waals surface area contributed by atoms with Crippen LogP contribution in [-0.2, 0) is 6.54 Å². The molecule has 1 aliphatic heterocycles. The van der Waals surface area contributed by atoms with Gasteiger partial charge in [-0.25, -0.2) is 4.39 Å². The van der Waals surface area contributed by atoms with Crippen molar-refractivity contribution in [2.24, 2.45) is 0 Å². The highest BCUT2D eigenvalue weighted by Crippen LogP contribution is 2.25. The van der Waals surface area contributed by atoms with E-state index < -0.39 is 0 Å². The Morgan fingerprint density at radius 3 is 2.59 bits per heavy atom. The van der Waals surface area contributed by atoms with Crippen LogP contribution in [0.5, 0.6) is 0 Å². The number of H-pyrrole nitrogens is 1. The number of aromatic amines is 1. The molecule has 7 heteroatoms. The maximum Gasteiger partial charge on any atom is 0.257 e. The second-order valence-electron chi connectivity index (χ2n) is 6.53. The van der Waals surface area contributed by atoms with E-state index in [-0.39, 0.29) is 11.7 Å². The van der Waals surface area contributed by atoms with Gasteiger partial charge < -0.3 is 4.90 Å². The highest BCUT2D eigenvalue weighted by molar-refractivity contribution is 5.99. The Morgan fingerprint density at radius 2 is 1.85 bits per heavy atom. The minimum atomic E-state index is -0.379. The molecule has 1 fully saturated rings. The molecule has 138 valence electrons. The predicted molar refractivity (Wildman–Crippen MR) is 99.4 cm³/mol. The van der Waals surface area contributed by atoms with Crippen LogP contribution in [0.1, 0.15) is 16.1 Å². The molecule has 3 aromatic rings. The summed E-state index contributed by atoms with van der Waals surface area (Å²) in [6.45, 7) is 3.56. The van der Waals surface area contributed by atoms with E-state index in [4.69, 9.17) is 0 Å². The lowest BCUT2D eigenvalue weighted by Crippen LogP contribution is -2.48. The van der Waals surface area contributed by atoms with Crippen molar-refractivity contribution in [3.63, 3.8) is 0 Å². The van der Waals surface area contributed by atoms with E-state index in [0.29, 0.717) is 29.9 Å². The topological polar surface area (TPSA) is 65.1 Å². The number of nitrogens with one attached hydrogen (secondary N) is 1. The molecule has 27 heavy (non-hydrogen) atoms. The summed E-state index contributed by atoms with van der Waals surface area (Å²) in [5, 5.41) is 6.74. The first-order valence-electron chi connectivity index (χ1n) is 8.92. The van der Waals surface area contributed by atoms with E-state index in [1.54, 1.807) is 29.3 Å². The summed E-state index contributed by atoms with van der Waals surface area (Å²) in [7, 11) is 0. The van der Waals surface area contributed by atoms with Gasteiger partial charge in [0.1, 0.15) is 5.82 Å². The fourth-order valence-corrected chi connectivity index (χ4v) is 3.32.